The van der Waals surface area contributed by atoms with E-state index in [4.69, 9.17) is 5.73 Å². The Labute approximate surface area is 148 Å². The number of aryl methyl sites for hydroxylation is 2. The number of fused-ring (bicyclic) bond motifs is 1. The molecule has 0 unspecified atom stereocenters. The highest BCUT2D eigenvalue weighted by atomic mass is 32.1. The molecule has 0 atom stereocenters. The van der Waals surface area contributed by atoms with Crippen molar-refractivity contribution in [1.82, 2.24) is 9.55 Å². The van der Waals surface area contributed by atoms with Gasteiger partial charge in [-0.15, -0.1) is 22.7 Å². The molecule has 0 fully saturated rings. The van der Waals surface area contributed by atoms with Crippen LogP contribution in [0.25, 0.3) is 10.2 Å². The van der Waals surface area contributed by atoms with Crippen LogP contribution < -0.4 is 22.3 Å². The van der Waals surface area contributed by atoms with Crippen LogP contribution >= 0.6 is 22.7 Å². The van der Waals surface area contributed by atoms with Gasteiger partial charge >= 0.3 is 5.69 Å². The maximum absolute atomic E-state index is 12.4. The number of primary amides is 1. The molecule has 3 aromatic heterocycles. The second-order valence-electron chi connectivity index (χ2n) is 5.43. The van der Waals surface area contributed by atoms with Crippen molar-refractivity contribution in [2.75, 3.05) is 5.32 Å². The third-order valence-corrected chi connectivity index (χ3v) is 5.40. The zero-order valence-electron chi connectivity index (χ0n) is 13.3. The van der Waals surface area contributed by atoms with Gasteiger partial charge in [0.25, 0.3) is 11.5 Å². The van der Waals surface area contributed by atoms with Crippen molar-refractivity contribution < 1.29 is 9.59 Å². The molecule has 4 N–H and O–H groups in total. The first-order chi connectivity index (χ1) is 11.8. The van der Waals surface area contributed by atoms with Gasteiger partial charge in [-0.05, 0) is 26.0 Å². The van der Waals surface area contributed by atoms with Gasteiger partial charge in [-0.2, -0.15) is 0 Å². The van der Waals surface area contributed by atoms with Crippen molar-refractivity contribution in [3.8, 4) is 0 Å². The molecule has 3 aromatic rings. The van der Waals surface area contributed by atoms with Crippen molar-refractivity contribution in [2.45, 2.75) is 20.4 Å². The van der Waals surface area contributed by atoms with Crippen LogP contribution in [0.15, 0.2) is 21.7 Å². The number of carbonyl (C=O) groups excluding carboxylic acids is 2. The zero-order valence-corrected chi connectivity index (χ0v) is 15.0. The number of H-pyrrole nitrogens is 1. The number of carbonyl (C=O) groups is 2. The Morgan fingerprint density at radius 2 is 1.88 bits per heavy atom. The quantitative estimate of drug-likeness (QED) is 0.629. The molecule has 3 rings (SSSR count). The fourth-order valence-electron chi connectivity index (χ4n) is 2.41. The minimum absolute atomic E-state index is 0.195. The fraction of sp³-hybridized carbons (Fsp3) is 0.200. The first kappa shape index (κ1) is 17.1. The van der Waals surface area contributed by atoms with E-state index in [1.165, 1.54) is 22.7 Å². The number of thiophene rings is 2. The predicted molar refractivity (Wildman–Crippen MR) is 97.6 cm³/mol. The summed E-state index contributed by atoms with van der Waals surface area (Å²) in [5, 5.41) is 3.20. The van der Waals surface area contributed by atoms with E-state index in [2.05, 4.69) is 10.3 Å². The Bertz CT molecular complexity index is 1120. The van der Waals surface area contributed by atoms with Crippen LogP contribution in [0.1, 0.15) is 20.1 Å². The Balaban J connectivity index is 1.92. The molecular weight excluding hydrogens is 364 g/mol. The Morgan fingerprint density at radius 3 is 2.56 bits per heavy atom. The molecule has 0 aliphatic heterocycles. The van der Waals surface area contributed by atoms with E-state index >= 15 is 0 Å². The minimum Gasteiger partial charge on any atom is -0.366 e. The lowest BCUT2D eigenvalue weighted by atomic mass is 10.3. The molecule has 0 aliphatic carbocycles. The van der Waals surface area contributed by atoms with Gasteiger partial charge in [-0.25, -0.2) is 4.79 Å². The van der Waals surface area contributed by atoms with Gasteiger partial charge < -0.3 is 11.1 Å². The normalized spacial score (nSPS) is 11.0. The lowest BCUT2D eigenvalue weighted by Gasteiger charge is -2.06. The van der Waals surface area contributed by atoms with Crippen molar-refractivity contribution in [3.05, 3.63) is 48.3 Å². The van der Waals surface area contributed by atoms with Gasteiger partial charge in [0, 0.05) is 9.75 Å². The van der Waals surface area contributed by atoms with E-state index in [9.17, 15) is 19.2 Å². The number of amides is 2. The van der Waals surface area contributed by atoms with Gasteiger partial charge in [0.2, 0.25) is 5.91 Å². The zero-order chi connectivity index (χ0) is 18.3. The fourth-order valence-corrected chi connectivity index (χ4v) is 4.24. The molecule has 2 amide bonds. The molecule has 0 bridgehead atoms. The van der Waals surface area contributed by atoms with Gasteiger partial charge in [-0.1, -0.05) is 0 Å². The largest absolute Gasteiger partial charge is 0.366 e. The Kier molecular flexibility index (Phi) is 4.31. The van der Waals surface area contributed by atoms with Gasteiger partial charge in [-0.3, -0.25) is 23.9 Å². The molecule has 0 radical (unpaired) electrons. The van der Waals surface area contributed by atoms with Gasteiger partial charge in [0.15, 0.2) is 0 Å². The monoisotopic (exact) mass is 378 g/mol. The molecule has 3 heterocycles. The van der Waals surface area contributed by atoms with Crippen LogP contribution in [0.3, 0.4) is 0 Å². The lowest BCUT2D eigenvalue weighted by Crippen LogP contribution is -2.38. The molecule has 0 spiro atoms. The number of hydrogen-bond acceptors (Lipinski definition) is 6. The van der Waals surface area contributed by atoms with Crippen LogP contribution in [-0.2, 0) is 11.3 Å². The van der Waals surface area contributed by atoms with E-state index < -0.39 is 29.6 Å². The Morgan fingerprint density at radius 1 is 1.20 bits per heavy atom. The topological polar surface area (TPSA) is 127 Å². The van der Waals surface area contributed by atoms with E-state index in [0.717, 1.165) is 14.3 Å². The number of aromatic nitrogens is 2. The third-order valence-electron chi connectivity index (χ3n) is 3.47. The molecule has 0 aliphatic rings. The van der Waals surface area contributed by atoms with Crippen LogP contribution in [-0.4, -0.2) is 21.4 Å². The summed E-state index contributed by atoms with van der Waals surface area (Å²) in [7, 11) is 0. The van der Waals surface area contributed by atoms with Crippen LogP contribution in [0.2, 0.25) is 0 Å². The number of nitrogens with zero attached hydrogens (tertiary/aromatic N) is 1. The number of nitrogens with one attached hydrogen (secondary N) is 2. The summed E-state index contributed by atoms with van der Waals surface area (Å²) in [5.41, 5.74) is 4.28. The number of nitrogens with two attached hydrogens (primary N) is 1. The summed E-state index contributed by atoms with van der Waals surface area (Å²) in [6, 6.07) is 3.24. The van der Waals surface area contributed by atoms with Crippen molar-refractivity contribution in [3.63, 3.8) is 0 Å². The van der Waals surface area contributed by atoms with E-state index in [-0.39, 0.29) is 5.56 Å². The summed E-state index contributed by atoms with van der Waals surface area (Å²) in [6.45, 7) is 3.13. The Hall–Kier alpha value is -2.72. The number of aromatic amines is 1. The minimum atomic E-state index is -0.662. The van der Waals surface area contributed by atoms with Crippen molar-refractivity contribution in [1.29, 1.82) is 0 Å². The highest BCUT2D eigenvalue weighted by Crippen LogP contribution is 2.27. The highest BCUT2D eigenvalue weighted by Gasteiger charge is 2.17. The maximum Gasteiger partial charge on any atom is 0.329 e. The molecule has 0 saturated heterocycles. The molecule has 130 valence electrons. The van der Waals surface area contributed by atoms with E-state index in [0.29, 0.717) is 15.2 Å². The number of rotatable bonds is 4. The number of hydrogen-bond donors (Lipinski definition) is 3. The van der Waals surface area contributed by atoms with Crippen molar-refractivity contribution >= 4 is 49.7 Å². The molecular formula is C15H14N4O4S2. The highest BCUT2D eigenvalue weighted by molar-refractivity contribution is 7.18. The van der Waals surface area contributed by atoms with E-state index in [1.807, 2.05) is 6.92 Å². The summed E-state index contributed by atoms with van der Waals surface area (Å²) >= 11 is 2.49. The summed E-state index contributed by atoms with van der Waals surface area (Å²) in [5.74, 6) is -1.26. The van der Waals surface area contributed by atoms with E-state index in [1.54, 1.807) is 19.1 Å². The summed E-state index contributed by atoms with van der Waals surface area (Å²) < 4.78 is 0.828. The average molecular weight is 378 g/mol. The second kappa shape index (κ2) is 6.30. The van der Waals surface area contributed by atoms with Crippen molar-refractivity contribution in [2.24, 2.45) is 5.73 Å². The molecule has 25 heavy (non-hydrogen) atoms. The molecule has 10 heteroatoms. The second-order valence-corrected chi connectivity index (χ2v) is 7.95. The first-order valence-corrected chi connectivity index (χ1v) is 8.83. The summed E-state index contributed by atoms with van der Waals surface area (Å²) in [6.07, 6.45) is 0. The maximum atomic E-state index is 12.4. The van der Waals surface area contributed by atoms with Gasteiger partial charge in [0.05, 0.1) is 10.9 Å². The third kappa shape index (κ3) is 3.26. The van der Waals surface area contributed by atoms with Crippen LogP contribution in [0, 0.1) is 13.8 Å². The first-order valence-electron chi connectivity index (χ1n) is 7.19. The SMILES string of the molecule is Cc1cc(C(N)=O)c(NC(=O)Cn2c(=O)[nH]c3sc(C)cc3c2=O)s1. The lowest BCUT2D eigenvalue weighted by molar-refractivity contribution is -0.116. The predicted octanol–water partition coefficient (Wildman–Crippen LogP) is 1.17. The standard InChI is InChI=1S/C15H14N4O4S2/c1-6-3-8(11(16)21)12(24-6)17-10(20)5-19-14(22)9-4-7(2)25-13(9)18-15(19)23/h3-4H,5H2,1-2H3,(H2,16,21)(H,17,20)(H,18,23). The number of anilines is 1. The molecule has 0 aromatic carbocycles. The average Bonchev–Trinajstić information content (AvgIpc) is 3.06. The summed E-state index contributed by atoms with van der Waals surface area (Å²) in [4.78, 5) is 52.9. The van der Waals surface area contributed by atoms with Gasteiger partial charge in [0.1, 0.15) is 16.4 Å². The van der Waals surface area contributed by atoms with Crippen LogP contribution in [0.5, 0.6) is 0 Å². The smallest absolute Gasteiger partial charge is 0.329 e. The molecule has 8 nitrogen and oxygen atoms in total. The molecule has 0 saturated carbocycles. The van der Waals surface area contributed by atoms with Crippen LogP contribution in [0.4, 0.5) is 5.00 Å².